The van der Waals surface area contributed by atoms with Crippen LogP contribution in [0.15, 0.2) is 24.3 Å². The first-order valence-corrected chi connectivity index (χ1v) is 6.45. The van der Waals surface area contributed by atoms with Gasteiger partial charge in [-0.3, -0.25) is 4.79 Å². The Bertz CT molecular complexity index is 420. The van der Waals surface area contributed by atoms with Crippen LogP contribution >= 0.6 is 0 Å². The molecule has 1 aromatic carbocycles. The molecule has 2 unspecified atom stereocenters. The Morgan fingerprint density at radius 3 is 3.11 bits per heavy atom. The van der Waals surface area contributed by atoms with Crippen LogP contribution in [-0.2, 0) is 6.61 Å². The topological polar surface area (TPSA) is 61.4 Å². The zero-order chi connectivity index (χ0) is 13.0. The van der Waals surface area contributed by atoms with Crippen LogP contribution in [0.2, 0.25) is 0 Å². The Kier molecular flexibility index (Phi) is 4.33. The van der Waals surface area contributed by atoms with Crippen molar-refractivity contribution in [2.24, 2.45) is 0 Å². The van der Waals surface area contributed by atoms with E-state index in [1.54, 1.807) is 18.2 Å². The van der Waals surface area contributed by atoms with E-state index in [-0.39, 0.29) is 18.6 Å². The van der Waals surface area contributed by atoms with Gasteiger partial charge in [0.2, 0.25) is 0 Å². The van der Waals surface area contributed by atoms with E-state index in [9.17, 15) is 4.79 Å². The number of carbonyl (C=O) groups excluding carboxylic acids is 1. The van der Waals surface area contributed by atoms with Crippen molar-refractivity contribution in [3.8, 4) is 0 Å². The fraction of sp³-hybridized carbons (Fsp3) is 0.500. The van der Waals surface area contributed by atoms with Gasteiger partial charge in [0, 0.05) is 17.6 Å². The fourth-order valence-electron chi connectivity index (χ4n) is 2.30. The average Bonchev–Trinajstić information content (AvgIpc) is 2.41. The van der Waals surface area contributed by atoms with Crippen molar-refractivity contribution in [1.82, 2.24) is 10.6 Å². The molecule has 0 aliphatic carbocycles. The number of rotatable bonds is 3. The minimum absolute atomic E-state index is 0.0392. The summed E-state index contributed by atoms with van der Waals surface area (Å²) in [5.74, 6) is -0.0640. The number of aliphatic hydroxyl groups is 1. The Morgan fingerprint density at radius 1 is 1.56 bits per heavy atom. The third-order valence-electron chi connectivity index (χ3n) is 3.45. The van der Waals surface area contributed by atoms with Crippen molar-refractivity contribution >= 4 is 5.91 Å². The molecule has 0 bridgehead atoms. The van der Waals surface area contributed by atoms with E-state index in [2.05, 4.69) is 17.6 Å². The number of piperidine rings is 1. The normalized spacial score (nSPS) is 23.7. The van der Waals surface area contributed by atoms with Crippen LogP contribution in [0.4, 0.5) is 0 Å². The predicted molar refractivity (Wildman–Crippen MR) is 70.3 cm³/mol. The van der Waals surface area contributed by atoms with Gasteiger partial charge in [0.25, 0.3) is 5.91 Å². The number of carbonyl (C=O) groups is 1. The van der Waals surface area contributed by atoms with Crippen LogP contribution in [0.3, 0.4) is 0 Å². The summed E-state index contributed by atoms with van der Waals surface area (Å²) < 4.78 is 0. The summed E-state index contributed by atoms with van der Waals surface area (Å²) in [6.07, 6.45) is 2.10. The fourth-order valence-corrected chi connectivity index (χ4v) is 2.30. The van der Waals surface area contributed by atoms with Crippen molar-refractivity contribution in [3.05, 3.63) is 35.4 Å². The van der Waals surface area contributed by atoms with Crippen molar-refractivity contribution in [2.75, 3.05) is 6.54 Å². The second-order valence-corrected chi connectivity index (χ2v) is 4.82. The number of benzene rings is 1. The highest BCUT2D eigenvalue weighted by Crippen LogP contribution is 2.10. The second-order valence-electron chi connectivity index (χ2n) is 4.82. The van der Waals surface area contributed by atoms with E-state index >= 15 is 0 Å². The van der Waals surface area contributed by atoms with Gasteiger partial charge in [0.15, 0.2) is 0 Å². The lowest BCUT2D eigenvalue weighted by molar-refractivity contribution is 0.0919. The van der Waals surface area contributed by atoms with Gasteiger partial charge in [-0.05, 0) is 44.0 Å². The van der Waals surface area contributed by atoms with Crippen LogP contribution in [0.1, 0.15) is 35.7 Å². The smallest absolute Gasteiger partial charge is 0.251 e. The number of hydrogen-bond acceptors (Lipinski definition) is 3. The van der Waals surface area contributed by atoms with Gasteiger partial charge in [-0.15, -0.1) is 0 Å². The maximum absolute atomic E-state index is 12.1. The lowest BCUT2D eigenvalue weighted by Crippen LogP contribution is -2.51. The molecule has 1 aliphatic heterocycles. The number of amides is 1. The van der Waals surface area contributed by atoms with Crippen LogP contribution < -0.4 is 10.6 Å². The minimum Gasteiger partial charge on any atom is -0.392 e. The van der Waals surface area contributed by atoms with Gasteiger partial charge in [0.1, 0.15) is 0 Å². The molecular weight excluding hydrogens is 228 g/mol. The Labute approximate surface area is 107 Å². The molecule has 0 saturated carbocycles. The number of hydrogen-bond donors (Lipinski definition) is 3. The number of nitrogens with one attached hydrogen (secondary N) is 2. The van der Waals surface area contributed by atoms with Crippen LogP contribution in [0, 0.1) is 0 Å². The summed E-state index contributed by atoms with van der Waals surface area (Å²) in [5, 5.41) is 15.5. The van der Waals surface area contributed by atoms with Crippen molar-refractivity contribution < 1.29 is 9.90 Å². The van der Waals surface area contributed by atoms with E-state index in [0.717, 1.165) is 24.9 Å². The monoisotopic (exact) mass is 248 g/mol. The van der Waals surface area contributed by atoms with Gasteiger partial charge in [-0.2, -0.15) is 0 Å². The SMILES string of the molecule is CC1NCCCC1NC(=O)c1cccc(CO)c1. The highest BCUT2D eigenvalue weighted by atomic mass is 16.3. The van der Waals surface area contributed by atoms with Gasteiger partial charge in [-0.25, -0.2) is 0 Å². The molecule has 1 aromatic rings. The Hall–Kier alpha value is -1.39. The van der Waals surface area contributed by atoms with E-state index in [0.29, 0.717) is 11.6 Å². The molecule has 2 atom stereocenters. The molecule has 1 amide bonds. The molecule has 98 valence electrons. The summed E-state index contributed by atoms with van der Waals surface area (Å²) in [6, 6.07) is 7.60. The third kappa shape index (κ3) is 3.09. The molecule has 1 aliphatic rings. The molecule has 4 nitrogen and oxygen atoms in total. The molecule has 0 radical (unpaired) electrons. The summed E-state index contributed by atoms with van der Waals surface area (Å²) in [5.41, 5.74) is 1.37. The molecular formula is C14H20N2O2. The van der Waals surface area contributed by atoms with Crippen molar-refractivity contribution in [1.29, 1.82) is 0 Å². The zero-order valence-corrected chi connectivity index (χ0v) is 10.6. The molecule has 0 spiro atoms. The minimum atomic E-state index is -0.0640. The molecule has 3 N–H and O–H groups in total. The van der Waals surface area contributed by atoms with Gasteiger partial charge < -0.3 is 15.7 Å². The summed E-state index contributed by atoms with van der Waals surface area (Å²) >= 11 is 0. The maximum Gasteiger partial charge on any atom is 0.251 e. The molecule has 1 fully saturated rings. The largest absolute Gasteiger partial charge is 0.392 e. The second kappa shape index (κ2) is 5.98. The van der Waals surface area contributed by atoms with Gasteiger partial charge in [-0.1, -0.05) is 12.1 Å². The Balaban J connectivity index is 2.02. The predicted octanol–water partition coefficient (Wildman–Crippen LogP) is 1.05. The molecule has 2 rings (SSSR count). The van der Waals surface area contributed by atoms with Crippen molar-refractivity contribution in [2.45, 2.75) is 38.5 Å². The highest BCUT2D eigenvalue weighted by molar-refractivity contribution is 5.94. The van der Waals surface area contributed by atoms with E-state index in [1.165, 1.54) is 0 Å². The van der Waals surface area contributed by atoms with Crippen LogP contribution in [0.25, 0.3) is 0 Å². The molecule has 0 aromatic heterocycles. The third-order valence-corrected chi connectivity index (χ3v) is 3.45. The number of aliphatic hydroxyl groups excluding tert-OH is 1. The summed E-state index contributed by atoms with van der Waals surface area (Å²) in [6.45, 7) is 3.07. The lowest BCUT2D eigenvalue weighted by Gasteiger charge is -2.30. The molecule has 4 heteroatoms. The lowest BCUT2D eigenvalue weighted by atomic mass is 9.99. The van der Waals surface area contributed by atoms with E-state index < -0.39 is 0 Å². The molecule has 18 heavy (non-hydrogen) atoms. The molecule has 1 saturated heterocycles. The average molecular weight is 248 g/mol. The Morgan fingerprint density at radius 2 is 2.39 bits per heavy atom. The first-order valence-electron chi connectivity index (χ1n) is 6.45. The van der Waals surface area contributed by atoms with Gasteiger partial charge in [0.05, 0.1) is 6.61 Å². The van der Waals surface area contributed by atoms with Crippen LogP contribution in [0.5, 0.6) is 0 Å². The summed E-state index contributed by atoms with van der Waals surface area (Å²) in [7, 11) is 0. The zero-order valence-electron chi connectivity index (χ0n) is 10.6. The molecule has 1 heterocycles. The highest BCUT2D eigenvalue weighted by Gasteiger charge is 2.22. The van der Waals surface area contributed by atoms with Crippen LogP contribution in [-0.4, -0.2) is 29.6 Å². The standard InChI is InChI=1S/C14H20N2O2/c1-10-13(6-3-7-15-10)16-14(18)12-5-2-4-11(8-12)9-17/h2,4-5,8,10,13,15,17H,3,6-7,9H2,1H3,(H,16,18). The maximum atomic E-state index is 12.1. The summed E-state index contributed by atoms with van der Waals surface area (Å²) in [4.78, 5) is 12.1. The first kappa shape index (κ1) is 13.1. The van der Waals surface area contributed by atoms with Gasteiger partial charge >= 0.3 is 0 Å². The quantitative estimate of drug-likeness (QED) is 0.749. The first-order chi connectivity index (χ1) is 8.70. The van der Waals surface area contributed by atoms with Crippen molar-refractivity contribution in [3.63, 3.8) is 0 Å². The van der Waals surface area contributed by atoms with E-state index in [4.69, 9.17) is 5.11 Å². The van der Waals surface area contributed by atoms with E-state index in [1.807, 2.05) is 6.07 Å².